The predicted octanol–water partition coefficient (Wildman–Crippen LogP) is 3.39. The van der Waals surface area contributed by atoms with Crippen molar-refractivity contribution in [2.24, 2.45) is 5.92 Å². The second kappa shape index (κ2) is 11.1. The van der Waals surface area contributed by atoms with Gasteiger partial charge in [0.25, 0.3) is 0 Å². The van der Waals surface area contributed by atoms with Crippen molar-refractivity contribution in [1.82, 2.24) is 0 Å². The Bertz CT molecular complexity index is 238. The number of unbranched alkanes of at least 4 members (excludes halogenated alkanes) is 3. The number of carboxylic acids is 1. The molecule has 0 aromatic rings. The SMILES string of the molecule is CCCCC(CCCCCC(=O)OCC)C(=O)O. The van der Waals surface area contributed by atoms with Gasteiger partial charge in [-0.05, 0) is 26.2 Å². The molecule has 0 aromatic heterocycles. The van der Waals surface area contributed by atoms with Crippen LogP contribution >= 0.6 is 0 Å². The fourth-order valence-electron chi connectivity index (χ4n) is 1.91. The highest BCUT2D eigenvalue weighted by molar-refractivity contribution is 5.70. The first-order chi connectivity index (χ1) is 8.61. The third kappa shape index (κ3) is 9.02. The van der Waals surface area contributed by atoms with Crippen LogP contribution in [0.25, 0.3) is 0 Å². The Hall–Kier alpha value is -1.06. The van der Waals surface area contributed by atoms with Crippen LogP contribution in [0.4, 0.5) is 0 Å². The number of ether oxygens (including phenoxy) is 1. The van der Waals surface area contributed by atoms with E-state index >= 15 is 0 Å². The van der Waals surface area contributed by atoms with E-state index in [9.17, 15) is 9.59 Å². The van der Waals surface area contributed by atoms with E-state index in [2.05, 4.69) is 6.92 Å². The van der Waals surface area contributed by atoms with Crippen molar-refractivity contribution in [2.75, 3.05) is 6.61 Å². The molecule has 0 spiro atoms. The van der Waals surface area contributed by atoms with Crippen LogP contribution in [0.3, 0.4) is 0 Å². The van der Waals surface area contributed by atoms with Gasteiger partial charge in [-0.3, -0.25) is 9.59 Å². The lowest BCUT2D eigenvalue weighted by Crippen LogP contribution is -2.13. The third-order valence-corrected chi connectivity index (χ3v) is 2.99. The average molecular weight is 258 g/mol. The Morgan fingerprint density at radius 1 is 1.06 bits per heavy atom. The normalized spacial score (nSPS) is 12.1. The number of carbonyl (C=O) groups excluding carboxylic acids is 1. The van der Waals surface area contributed by atoms with E-state index in [0.29, 0.717) is 13.0 Å². The molecule has 0 aliphatic heterocycles. The number of rotatable bonds is 11. The molecule has 106 valence electrons. The van der Waals surface area contributed by atoms with E-state index in [1.54, 1.807) is 6.92 Å². The lowest BCUT2D eigenvalue weighted by molar-refractivity contribution is -0.144. The smallest absolute Gasteiger partial charge is 0.306 e. The standard InChI is InChI=1S/C14H26O4/c1-3-5-9-12(14(16)17)10-7-6-8-11-13(15)18-4-2/h12H,3-11H2,1-2H3,(H,16,17). The molecule has 0 fully saturated rings. The molecule has 1 unspecified atom stereocenters. The molecular formula is C14H26O4. The number of aliphatic carboxylic acids is 1. The summed E-state index contributed by atoms with van der Waals surface area (Å²) in [4.78, 5) is 22.1. The predicted molar refractivity (Wildman–Crippen MR) is 70.4 cm³/mol. The Morgan fingerprint density at radius 3 is 2.28 bits per heavy atom. The minimum absolute atomic E-state index is 0.154. The van der Waals surface area contributed by atoms with Gasteiger partial charge in [0.15, 0.2) is 0 Å². The summed E-state index contributed by atoms with van der Waals surface area (Å²) in [5.41, 5.74) is 0. The molecular weight excluding hydrogens is 232 g/mol. The van der Waals surface area contributed by atoms with E-state index in [-0.39, 0.29) is 11.9 Å². The van der Waals surface area contributed by atoms with Crippen LogP contribution in [0.5, 0.6) is 0 Å². The van der Waals surface area contributed by atoms with Gasteiger partial charge in [0.1, 0.15) is 0 Å². The molecule has 0 bridgehead atoms. The first kappa shape index (κ1) is 16.9. The van der Waals surface area contributed by atoms with Crippen LogP contribution in [0.2, 0.25) is 0 Å². The largest absolute Gasteiger partial charge is 0.481 e. The summed E-state index contributed by atoms with van der Waals surface area (Å²) in [5, 5.41) is 9.04. The zero-order chi connectivity index (χ0) is 13.8. The van der Waals surface area contributed by atoms with Gasteiger partial charge in [0, 0.05) is 6.42 Å². The Morgan fingerprint density at radius 2 is 1.72 bits per heavy atom. The van der Waals surface area contributed by atoms with Crippen LogP contribution in [0.1, 0.15) is 65.2 Å². The van der Waals surface area contributed by atoms with Gasteiger partial charge >= 0.3 is 11.9 Å². The lowest BCUT2D eigenvalue weighted by atomic mass is 9.95. The molecule has 0 aromatic carbocycles. The highest BCUT2D eigenvalue weighted by Crippen LogP contribution is 2.17. The van der Waals surface area contributed by atoms with Crippen LogP contribution < -0.4 is 0 Å². The number of carbonyl (C=O) groups is 2. The lowest BCUT2D eigenvalue weighted by Gasteiger charge is -2.11. The van der Waals surface area contributed by atoms with E-state index in [1.807, 2.05) is 0 Å². The van der Waals surface area contributed by atoms with Gasteiger partial charge in [-0.1, -0.05) is 32.6 Å². The fraction of sp³-hybridized carbons (Fsp3) is 0.857. The first-order valence-electron chi connectivity index (χ1n) is 7.00. The minimum atomic E-state index is -0.686. The molecule has 4 nitrogen and oxygen atoms in total. The van der Waals surface area contributed by atoms with Crippen molar-refractivity contribution >= 4 is 11.9 Å². The van der Waals surface area contributed by atoms with Crippen molar-refractivity contribution in [1.29, 1.82) is 0 Å². The molecule has 18 heavy (non-hydrogen) atoms. The fourth-order valence-corrected chi connectivity index (χ4v) is 1.91. The summed E-state index contributed by atoms with van der Waals surface area (Å²) in [6.07, 6.45) is 6.50. The minimum Gasteiger partial charge on any atom is -0.481 e. The van der Waals surface area contributed by atoms with Crippen LogP contribution in [-0.2, 0) is 14.3 Å². The topological polar surface area (TPSA) is 63.6 Å². The van der Waals surface area contributed by atoms with Gasteiger partial charge in [-0.25, -0.2) is 0 Å². The monoisotopic (exact) mass is 258 g/mol. The van der Waals surface area contributed by atoms with Crippen LogP contribution in [-0.4, -0.2) is 23.7 Å². The summed E-state index contributed by atoms with van der Waals surface area (Å²) >= 11 is 0. The molecule has 0 aliphatic carbocycles. The molecule has 1 atom stereocenters. The number of hydrogen-bond acceptors (Lipinski definition) is 3. The second-order valence-electron chi connectivity index (χ2n) is 4.58. The van der Waals surface area contributed by atoms with E-state index in [1.165, 1.54) is 0 Å². The average Bonchev–Trinajstić information content (AvgIpc) is 2.32. The molecule has 0 rings (SSSR count). The summed E-state index contributed by atoms with van der Waals surface area (Å²) in [6, 6.07) is 0. The van der Waals surface area contributed by atoms with E-state index in [4.69, 9.17) is 9.84 Å². The number of esters is 1. The molecule has 0 saturated carbocycles. The number of hydrogen-bond donors (Lipinski definition) is 1. The maximum atomic E-state index is 11.1. The molecule has 0 saturated heterocycles. The second-order valence-corrected chi connectivity index (χ2v) is 4.58. The summed E-state index contributed by atoms with van der Waals surface area (Å²) in [5.74, 6) is -1.06. The Balaban J connectivity index is 3.60. The highest BCUT2D eigenvalue weighted by Gasteiger charge is 2.15. The van der Waals surface area contributed by atoms with Crippen molar-refractivity contribution < 1.29 is 19.4 Å². The van der Waals surface area contributed by atoms with Crippen molar-refractivity contribution in [3.8, 4) is 0 Å². The molecule has 4 heteroatoms. The van der Waals surface area contributed by atoms with Gasteiger partial charge in [-0.15, -0.1) is 0 Å². The van der Waals surface area contributed by atoms with Crippen molar-refractivity contribution in [3.63, 3.8) is 0 Å². The summed E-state index contributed by atoms with van der Waals surface area (Å²) in [7, 11) is 0. The zero-order valence-electron chi connectivity index (χ0n) is 11.6. The van der Waals surface area contributed by atoms with Gasteiger partial charge in [0.05, 0.1) is 12.5 Å². The summed E-state index contributed by atoms with van der Waals surface area (Å²) in [6.45, 7) is 4.29. The van der Waals surface area contributed by atoms with Crippen LogP contribution in [0.15, 0.2) is 0 Å². The molecule has 0 heterocycles. The first-order valence-corrected chi connectivity index (χ1v) is 7.00. The molecule has 0 radical (unpaired) electrons. The van der Waals surface area contributed by atoms with Crippen LogP contribution in [0, 0.1) is 5.92 Å². The van der Waals surface area contributed by atoms with E-state index < -0.39 is 5.97 Å². The van der Waals surface area contributed by atoms with E-state index in [0.717, 1.165) is 44.9 Å². The maximum Gasteiger partial charge on any atom is 0.306 e. The quantitative estimate of drug-likeness (QED) is 0.456. The summed E-state index contributed by atoms with van der Waals surface area (Å²) < 4.78 is 4.83. The molecule has 1 N–H and O–H groups in total. The third-order valence-electron chi connectivity index (χ3n) is 2.99. The maximum absolute atomic E-state index is 11.1. The Kier molecular flexibility index (Phi) is 10.4. The molecule has 0 amide bonds. The van der Waals surface area contributed by atoms with Crippen molar-refractivity contribution in [2.45, 2.75) is 65.2 Å². The highest BCUT2D eigenvalue weighted by atomic mass is 16.5. The Labute approximate surface area is 110 Å². The molecule has 0 aliphatic rings. The van der Waals surface area contributed by atoms with Gasteiger partial charge in [0.2, 0.25) is 0 Å². The number of carboxylic acid groups (broad SMARTS) is 1. The van der Waals surface area contributed by atoms with Crippen molar-refractivity contribution in [3.05, 3.63) is 0 Å². The van der Waals surface area contributed by atoms with Gasteiger partial charge in [-0.2, -0.15) is 0 Å². The van der Waals surface area contributed by atoms with Gasteiger partial charge < -0.3 is 9.84 Å². The zero-order valence-corrected chi connectivity index (χ0v) is 11.6.